The Labute approximate surface area is 102 Å². The minimum Gasteiger partial charge on any atom is -0.391 e. The highest BCUT2D eigenvalue weighted by Crippen LogP contribution is 2.21. The first-order chi connectivity index (χ1) is 7.06. The molecule has 4 heteroatoms. The molecule has 1 aromatic carbocycles. The topological polar surface area (TPSA) is 46.2 Å². The highest BCUT2D eigenvalue weighted by Gasteiger charge is 2.18. The number of aliphatic hydroxyl groups is 1. The first-order valence-electron chi connectivity index (χ1n) is 5.26. The van der Waals surface area contributed by atoms with E-state index in [1.54, 1.807) is 6.07 Å². The molecular formula is C12H19ClFNO. The molecule has 0 bridgehead atoms. The highest BCUT2D eigenvalue weighted by molar-refractivity contribution is 5.85. The molecule has 0 unspecified atom stereocenters. The zero-order chi connectivity index (χ0) is 11.4. The monoisotopic (exact) mass is 247 g/mol. The molecular weight excluding hydrogens is 229 g/mol. The molecule has 2 atom stereocenters. The van der Waals surface area contributed by atoms with Crippen LogP contribution in [0.25, 0.3) is 0 Å². The van der Waals surface area contributed by atoms with Crippen LogP contribution in [0.15, 0.2) is 18.2 Å². The van der Waals surface area contributed by atoms with Gasteiger partial charge in [-0.15, -0.1) is 12.4 Å². The average molecular weight is 248 g/mol. The maximum absolute atomic E-state index is 13.0. The summed E-state index contributed by atoms with van der Waals surface area (Å²) in [4.78, 5) is 0. The van der Waals surface area contributed by atoms with Gasteiger partial charge in [0.15, 0.2) is 0 Å². The van der Waals surface area contributed by atoms with Crippen molar-refractivity contribution in [3.63, 3.8) is 0 Å². The van der Waals surface area contributed by atoms with Gasteiger partial charge in [0.25, 0.3) is 0 Å². The lowest BCUT2D eigenvalue weighted by Gasteiger charge is -2.20. The molecule has 2 nitrogen and oxygen atoms in total. The van der Waals surface area contributed by atoms with Crippen LogP contribution in [0.4, 0.5) is 4.39 Å². The van der Waals surface area contributed by atoms with E-state index in [4.69, 9.17) is 5.73 Å². The number of halogens is 2. The van der Waals surface area contributed by atoms with Crippen molar-refractivity contribution in [2.75, 3.05) is 0 Å². The molecule has 0 spiro atoms. The third-order valence-electron chi connectivity index (χ3n) is 2.60. The maximum atomic E-state index is 13.0. The summed E-state index contributed by atoms with van der Waals surface area (Å²) < 4.78 is 13.0. The molecule has 3 N–H and O–H groups in total. The van der Waals surface area contributed by atoms with Crippen LogP contribution in [-0.2, 0) is 0 Å². The number of aryl methyl sites for hydroxylation is 1. The fourth-order valence-corrected chi connectivity index (χ4v) is 1.65. The largest absolute Gasteiger partial charge is 0.391 e. The van der Waals surface area contributed by atoms with Gasteiger partial charge in [0.05, 0.1) is 12.1 Å². The summed E-state index contributed by atoms with van der Waals surface area (Å²) in [6.45, 7) is 3.85. The van der Waals surface area contributed by atoms with E-state index in [0.717, 1.165) is 12.0 Å². The summed E-state index contributed by atoms with van der Waals surface area (Å²) in [5, 5.41) is 9.74. The van der Waals surface area contributed by atoms with E-state index in [1.165, 1.54) is 12.1 Å². The Morgan fingerprint density at radius 1 is 1.44 bits per heavy atom. The van der Waals surface area contributed by atoms with Crippen molar-refractivity contribution < 1.29 is 9.50 Å². The number of aliphatic hydroxyl groups excluding tert-OH is 1. The van der Waals surface area contributed by atoms with E-state index in [2.05, 4.69) is 0 Å². The van der Waals surface area contributed by atoms with Gasteiger partial charge < -0.3 is 10.8 Å². The summed E-state index contributed by atoms with van der Waals surface area (Å²) in [6.07, 6.45) is 0.899. The molecule has 0 fully saturated rings. The fraction of sp³-hybridized carbons (Fsp3) is 0.500. The number of benzene rings is 1. The van der Waals surface area contributed by atoms with E-state index in [1.807, 2.05) is 13.8 Å². The molecule has 0 radical (unpaired) electrons. The molecule has 0 saturated heterocycles. The third kappa shape index (κ3) is 3.74. The van der Waals surface area contributed by atoms with Gasteiger partial charge >= 0.3 is 0 Å². The smallest absolute Gasteiger partial charge is 0.123 e. The second-order valence-electron chi connectivity index (χ2n) is 3.88. The highest BCUT2D eigenvalue weighted by atomic mass is 35.5. The number of rotatable bonds is 4. The van der Waals surface area contributed by atoms with E-state index in [-0.39, 0.29) is 18.2 Å². The van der Waals surface area contributed by atoms with E-state index in [9.17, 15) is 9.50 Å². The lowest BCUT2D eigenvalue weighted by atomic mass is 9.95. The predicted molar refractivity (Wildman–Crippen MR) is 66.2 cm³/mol. The van der Waals surface area contributed by atoms with Gasteiger partial charge in [-0.2, -0.15) is 0 Å². The minimum absolute atomic E-state index is 0. The average Bonchev–Trinajstić information content (AvgIpc) is 2.21. The Hall–Kier alpha value is -0.640. The standard InChI is InChI=1S/C12H18FNO.ClH/c1-3-4-11(15)12(14)10-7-9(13)6-5-8(10)2;/h5-7,11-12,15H,3-4,14H2,1-2H3;1H/t11-,12+;/m0./s1. The molecule has 0 saturated carbocycles. The SMILES string of the molecule is CCC[C@H](O)[C@H](N)c1cc(F)ccc1C.Cl. The predicted octanol–water partition coefficient (Wildman–Crippen LogP) is 2.72. The fourth-order valence-electron chi connectivity index (χ4n) is 1.65. The first kappa shape index (κ1) is 15.4. The van der Waals surface area contributed by atoms with Crippen molar-refractivity contribution in [3.05, 3.63) is 35.1 Å². The third-order valence-corrected chi connectivity index (χ3v) is 2.60. The van der Waals surface area contributed by atoms with Crippen LogP contribution in [0.1, 0.15) is 36.9 Å². The lowest BCUT2D eigenvalue weighted by Crippen LogP contribution is -2.26. The molecule has 0 aliphatic heterocycles. The molecule has 1 rings (SSSR count). The van der Waals surface area contributed by atoms with Gasteiger partial charge in [0.1, 0.15) is 5.82 Å². The Balaban J connectivity index is 0.00000225. The number of nitrogens with two attached hydrogens (primary N) is 1. The summed E-state index contributed by atoms with van der Waals surface area (Å²) in [6, 6.07) is 3.99. The Kier molecular flexibility index (Phi) is 6.56. The van der Waals surface area contributed by atoms with Gasteiger partial charge in [-0.3, -0.25) is 0 Å². The van der Waals surface area contributed by atoms with Crippen LogP contribution in [0.5, 0.6) is 0 Å². The lowest BCUT2D eigenvalue weighted by molar-refractivity contribution is 0.134. The molecule has 0 amide bonds. The zero-order valence-corrected chi connectivity index (χ0v) is 10.4. The van der Waals surface area contributed by atoms with Crippen LogP contribution < -0.4 is 5.73 Å². The van der Waals surface area contributed by atoms with Crippen LogP contribution >= 0.6 is 12.4 Å². The summed E-state index contributed by atoms with van der Waals surface area (Å²) in [5.74, 6) is -0.310. The maximum Gasteiger partial charge on any atom is 0.123 e. The molecule has 0 aliphatic rings. The van der Waals surface area contributed by atoms with E-state index >= 15 is 0 Å². The van der Waals surface area contributed by atoms with Crippen molar-refractivity contribution in [1.82, 2.24) is 0 Å². The zero-order valence-electron chi connectivity index (χ0n) is 9.61. The molecule has 1 aromatic rings. The van der Waals surface area contributed by atoms with E-state index < -0.39 is 12.1 Å². The van der Waals surface area contributed by atoms with Crippen molar-refractivity contribution in [3.8, 4) is 0 Å². The quantitative estimate of drug-likeness (QED) is 0.860. The number of hydrogen-bond donors (Lipinski definition) is 2. The summed E-state index contributed by atoms with van der Waals surface area (Å²) in [5.41, 5.74) is 7.48. The minimum atomic E-state index is -0.601. The van der Waals surface area contributed by atoms with Crippen molar-refractivity contribution in [1.29, 1.82) is 0 Å². The Bertz CT molecular complexity index is 333. The van der Waals surface area contributed by atoms with Gasteiger partial charge in [0.2, 0.25) is 0 Å². The number of hydrogen-bond acceptors (Lipinski definition) is 2. The van der Waals surface area contributed by atoms with Gasteiger partial charge in [-0.05, 0) is 36.6 Å². The van der Waals surface area contributed by atoms with Crippen LogP contribution in [0.3, 0.4) is 0 Å². The first-order valence-corrected chi connectivity index (χ1v) is 5.26. The van der Waals surface area contributed by atoms with Crippen LogP contribution in [-0.4, -0.2) is 11.2 Å². The van der Waals surface area contributed by atoms with Crippen LogP contribution in [0.2, 0.25) is 0 Å². The van der Waals surface area contributed by atoms with Gasteiger partial charge in [-0.1, -0.05) is 19.4 Å². The van der Waals surface area contributed by atoms with Crippen LogP contribution in [0, 0.1) is 12.7 Å². The Morgan fingerprint density at radius 3 is 2.62 bits per heavy atom. The Morgan fingerprint density at radius 2 is 2.06 bits per heavy atom. The summed E-state index contributed by atoms with van der Waals surface area (Å²) in [7, 11) is 0. The van der Waals surface area contributed by atoms with Crippen molar-refractivity contribution >= 4 is 12.4 Å². The molecule has 0 heterocycles. The molecule has 92 valence electrons. The van der Waals surface area contributed by atoms with Crippen molar-refractivity contribution in [2.24, 2.45) is 5.73 Å². The second kappa shape index (κ2) is 6.84. The van der Waals surface area contributed by atoms with E-state index in [0.29, 0.717) is 12.0 Å². The van der Waals surface area contributed by atoms with Gasteiger partial charge in [0, 0.05) is 0 Å². The second-order valence-corrected chi connectivity index (χ2v) is 3.88. The summed E-state index contributed by atoms with van der Waals surface area (Å²) >= 11 is 0. The molecule has 0 aromatic heterocycles. The normalized spacial score (nSPS) is 14.1. The van der Waals surface area contributed by atoms with Crippen molar-refractivity contribution in [2.45, 2.75) is 38.8 Å². The van der Waals surface area contributed by atoms with Gasteiger partial charge in [-0.25, -0.2) is 4.39 Å². The molecule has 0 aliphatic carbocycles. The molecule has 16 heavy (non-hydrogen) atoms.